The van der Waals surface area contributed by atoms with Crippen molar-refractivity contribution in [1.82, 2.24) is 4.90 Å². The van der Waals surface area contributed by atoms with Crippen LogP contribution >= 0.6 is 15.9 Å². The monoisotopic (exact) mass is 463 g/mol. The van der Waals surface area contributed by atoms with Gasteiger partial charge in [-0.1, -0.05) is 0 Å². The number of carbonyl (C=O) groups excluding carboxylic acids is 1. The van der Waals surface area contributed by atoms with Crippen LogP contribution in [-0.2, 0) is 14.6 Å². The second-order valence-corrected chi connectivity index (χ2v) is 9.21. The first-order valence-corrected chi connectivity index (χ1v) is 10.1. The second kappa shape index (κ2) is 7.41. The molecule has 0 radical (unpaired) electrons. The lowest BCUT2D eigenvalue weighted by molar-refractivity contribution is -0.190. The zero-order chi connectivity index (χ0) is 19.9. The summed E-state index contributed by atoms with van der Waals surface area (Å²) >= 11 is 2.58. The summed E-state index contributed by atoms with van der Waals surface area (Å²) in [7, 11) is -2.40. The summed E-state index contributed by atoms with van der Waals surface area (Å²) in [6.45, 7) is 0. The summed E-state index contributed by atoms with van der Waals surface area (Å²) in [6.07, 6.45) is -5.14. The van der Waals surface area contributed by atoms with E-state index in [0.717, 1.165) is 7.05 Å². The molecule has 0 spiro atoms. The zero-order valence-electron chi connectivity index (χ0n) is 13.5. The Labute approximate surface area is 155 Å². The summed E-state index contributed by atoms with van der Waals surface area (Å²) in [5, 5.41) is 0. The van der Waals surface area contributed by atoms with E-state index < -0.39 is 55.6 Å². The molecular weight excluding hydrogens is 449 g/mol. The quantitative estimate of drug-likeness (QED) is 0.508. The van der Waals surface area contributed by atoms with E-state index in [1.165, 1.54) is 0 Å². The minimum Gasteiger partial charge on any atom is -0.330 e. The number of nitrogens with zero attached hydrogens (tertiary/aromatic N) is 1. The average Bonchev–Trinajstić information content (AvgIpc) is 2.50. The molecule has 0 unspecified atom stereocenters. The number of benzene rings is 1. The maximum absolute atomic E-state index is 13.7. The van der Waals surface area contributed by atoms with Gasteiger partial charge >= 0.3 is 6.18 Å². The topological polar surface area (TPSA) is 54.5 Å². The molecule has 1 heterocycles. The molecule has 1 fully saturated rings. The molecule has 1 saturated heterocycles. The van der Waals surface area contributed by atoms with Crippen molar-refractivity contribution in [2.24, 2.45) is 5.92 Å². The number of hydrogen-bond acceptors (Lipinski definition) is 3. The number of amides is 1. The van der Waals surface area contributed by atoms with Gasteiger partial charge in [0.15, 0.2) is 6.04 Å². The second-order valence-electron chi connectivity index (χ2n) is 6.12. The summed E-state index contributed by atoms with van der Waals surface area (Å²) in [5.74, 6) is -4.81. The lowest BCUT2D eigenvalue weighted by Crippen LogP contribution is -2.44. The van der Waals surface area contributed by atoms with Gasteiger partial charge in [0.1, 0.15) is 21.5 Å². The van der Waals surface area contributed by atoms with Crippen LogP contribution in [0.15, 0.2) is 16.6 Å². The van der Waals surface area contributed by atoms with Gasteiger partial charge in [-0.15, -0.1) is 0 Å². The number of sulfone groups is 1. The maximum atomic E-state index is 13.7. The van der Waals surface area contributed by atoms with Gasteiger partial charge in [-0.2, -0.15) is 13.2 Å². The fraction of sp³-hybridized carbons (Fsp3) is 0.533. The Hall–Kier alpha value is -1.23. The van der Waals surface area contributed by atoms with Crippen molar-refractivity contribution in [2.75, 3.05) is 18.6 Å². The predicted molar refractivity (Wildman–Crippen MR) is 87.0 cm³/mol. The molecule has 1 aliphatic heterocycles. The van der Waals surface area contributed by atoms with Crippen LogP contribution in [0.4, 0.5) is 22.0 Å². The van der Waals surface area contributed by atoms with Crippen LogP contribution in [0.2, 0.25) is 0 Å². The molecule has 11 heteroatoms. The summed E-state index contributed by atoms with van der Waals surface area (Å²) in [6, 6.07) is -1.52. The molecule has 1 aromatic carbocycles. The van der Waals surface area contributed by atoms with Gasteiger partial charge in [0.05, 0.1) is 16.0 Å². The Morgan fingerprint density at radius 2 is 1.65 bits per heavy atom. The average molecular weight is 464 g/mol. The minimum absolute atomic E-state index is 0.0842. The molecule has 0 aromatic heterocycles. The van der Waals surface area contributed by atoms with E-state index in [2.05, 4.69) is 15.9 Å². The van der Waals surface area contributed by atoms with Crippen molar-refractivity contribution in [1.29, 1.82) is 0 Å². The number of rotatable bonds is 3. The Kier molecular flexibility index (Phi) is 6.01. The first kappa shape index (κ1) is 21.1. The molecule has 1 atom stereocenters. The van der Waals surface area contributed by atoms with Gasteiger partial charge in [0.25, 0.3) is 0 Å². The lowest BCUT2D eigenvalue weighted by atomic mass is 9.98. The van der Waals surface area contributed by atoms with Crippen molar-refractivity contribution in [3.8, 4) is 0 Å². The Bertz CT molecular complexity index is 775. The van der Waals surface area contributed by atoms with Crippen LogP contribution in [0.25, 0.3) is 0 Å². The molecule has 0 bridgehead atoms. The molecule has 0 N–H and O–H groups in total. The first-order valence-electron chi connectivity index (χ1n) is 7.51. The van der Waals surface area contributed by atoms with E-state index in [1.807, 2.05) is 0 Å². The van der Waals surface area contributed by atoms with Crippen LogP contribution in [0.3, 0.4) is 0 Å². The zero-order valence-corrected chi connectivity index (χ0v) is 15.9. The summed E-state index contributed by atoms with van der Waals surface area (Å²) in [5.41, 5.74) is -0.755. The fourth-order valence-electron chi connectivity index (χ4n) is 2.92. The Balaban J connectivity index is 2.34. The molecular formula is C15H15BrF5NO3S. The van der Waals surface area contributed by atoms with E-state index in [9.17, 15) is 35.2 Å². The van der Waals surface area contributed by atoms with E-state index in [-0.39, 0.29) is 24.3 Å². The minimum atomic E-state index is -4.97. The van der Waals surface area contributed by atoms with Crippen molar-refractivity contribution < 1.29 is 35.2 Å². The molecule has 0 aliphatic carbocycles. The number of carbonyl (C=O) groups is 1. The standard InChI is InChI=1S/C15H15BrF5NO3S/c1-22(14(23)8-2-4-26(24,25)5-3-8)13(15(19,20)21)9-6-10(17)12(16)11(18)7-9/h6-8,13H,2-5H2,1H3/t13-/m0/s1. The Morgan fingerprint density at radius 3 is 2.08 bits per heavy atom. The maximum Gasteiger partial charge on any atom is 0.413 e. The third kappa shape index (κ3) is 4.54. The first-order chi connectivity index (χ1) is 11.8. The normalized spacial score (nSPS) is 19.2. The highest BCUT2D eigenvalue weighted by Gasteiger charge is 2.47. The lowest BCUT2D eigenvalue weighted by Gasteiger charge is -2.34. The van der Waals surface area contributed by atoms with Gasteiger partial charge < -0.3 is 4.90 Å². The number of alkyl halides is 3. The van der Waals surface area contributed by atoms with Gasteiger partial charge in [-0.3, -0.25) is 4.79 Å². The van der Waals surface area contributed by atoms with Crippen LogP contribution in [-0.4, -0.2) is 44.0 Å². The molecule has 1 aromatic rings. The molecule has 1 amide bonds. The van der Waals surface area contributed by atoms with Crippen molar-refractivity contribution in [3.63, 3.8) is 0 Å². The predicted octanol–water partition coefficient (Wildman–Crippen LogP) is 3.61. The largest absolute Gasteiger partial charge is 0.413 e. The van der Waals surface area contributed by atoms with Crippen molar-refractivity contribution in [2.45, 2.75) is 25.1 Å². The SMILES string of the molecule is CN(C(=O)C1CCS(=O)(=O)CC1)[C@@H](c1cc(F)c(Br)c(F)c1)C(F)(F)F. The van der Waals surface area contributed by atoms with E-state index >= 15 is 0 Å². The summed E-state index contributed by atoms with van der Waals surface area (Å²) < 4.78 is 90.1. The van der Waals surface area contributed by atoms with E-state index in [0.29, 0.717) is 17.0 Å². The third-order valence-corrected chi connectivity index (χ3v) is 6.74. The van der Waals surface area contributed by atoms with E-state index in [1.54, 1.807) is 0 Å². The third-order valence-electron chi connectivity index (χ3n) is 4.27. The summed E-state index contributed by atoms with van der Waals surface area (Å²) in [4.78, 5) is 12.8. The van der Waals surface area contributed by atoms with Crippen LogP contribution < -0.4 is 0 Å². The highest BCUT2D eigenvalue weighted by molar-refractivity contribution is 9.10. The van der Waals surface area contributed by atoms with Gasteiger partial charge in [0, 0.05) is 13.0 Å². The Morgan fingerprint density at radius 1 is 1.19 bits per heavy atom. The van der Waals surface area contributed by atoms with Crippen molar-refractivity contribution >= 4 is 31.7 Å². The van der Waals surface area contributed by atoms with Gasteiger partial charge in [-0.25, -0.2) is 17.2 Å². The highest BCUT2D eigenvalue weighted by atomic mass is 79.9. The van der Waals surface area contributed by atoms with Gasteiger partial charge in [0.2, 0.25) is 5.91 Å². The van der Waals surface area contributed by atoms with Crippen molar-refractivity contribution in [3.05, 3.63) is 33.8 Å². The number of hydrogen-bond donors (Lipinski definition) is 0. The molecule has 26 heavy (non-hydrogen) atoms. The van der Waals surface area contributed by atoms with Gasteiger partial charge in [-0.05, 0) is 46.5 Å². The van der Waals surface area contributed by atoms with Crippen LogP contribution in [0.5, 0.6) is 0 Å². The van der Waals surface area contributed by atoms with Crippen LogP contribution in [0, 0.1) is 17.6 Å². The molecule has 4 nitrogen and oxygen atoms in total. The fourth-order valence-corrected chi connectivity index (χ4v) is 4.64. The molecule has 146 valence electrons. The van der Waals surface area contributed by atoms with Crippen LogP contribution in [0.1, 0.15) is 24.4 Å². The molecule has 1 aliphatic rings. The smallest absolute Gasteiger partial charge is 0.330 e. The number of halogens is 6. The highest BCUT2D eigenvalue weighted by Crippen LogP contribution is 2.40. The molecule has 2 rings (SSSR count). The van der Waals surface area contributed by atoms with E-state index in [4.69, 9.17) is 0 Å². The molecule has 0 saturated carbocycles.